The molecule has 0 aromatic carbocycles. The standard InChI is InChI=1S/C17H25NO3S/c1-4-21-17(20)15-11(2)12(3)22-16(15)18-14(19)10-13-8-6-5-7-9-13/h13H,4-10H2,1-3H3,(H,18,19). The van der Waals surface area contributed by atoms with Crippen molar-refractivity contribution < 1.29 is 14.3 Å². The fraction of sp³-hybridized carbons (Fsp3) is 0.647. The quantitative estimate of drug-likeness (QED) is 0.814. The Hall–Kier alpha value is -1.36. The molecular formula is C17H25NO3S. The third-order valence-electron chi connectivity index (χ3n) is 4.32. The number of carbonyl (C=O) groups excluding carboxylic acids is 2. The molecule has 0 bridgehead atoms. The predicted molar refractivity (Wildman–Crippen MR) is 89.6 cm³/mol. The lowest BCUT2D eigenvalue weighted by Gasteiger charge is -2.20. The van der Waals surface area contributed by atoms with E-state index in [9.17, 15) is 9.59 Å². The van der Waals surface area contributed by atoms with E-state index in [1.165, 1.54) is 30.6 Å². The Kier molecular flexibility index (Phi) is 6.00. The number of hydrogen-bond acceptors (Lipinski definition) is 4. The molecule has 122 valence electrons. The summed E-state index contributed by atoms with van der Waals surface area (Å²) in [7, 11) is 0. The van der Waals surface area contributed by atoms with Gasteiger partial charge in [0.2, 0.25) is 5.91 Å². The zero-order chi connectivity index (χ0) is 16.1. The SMILES string of the molecule is CCOC(=O)c1c(NC(=O)CC2CCCCC2)sc(C)c1C. The van der Waals surface area contributed by atoms with E-state index in [-0.39, 0.29) is 11.9 Å². The topological polar surface area (TPSA) is 55.4 Å². The third-order valence-corrected chi connectivity index (χ3v) is 5.44. The van der Waals surface area contributed by atoms with Crippen LogP contribution in [0, 0.1) is 19.8 Å². The van der Waals surface area contributed by atoms with Gasteiger partial charge in [-0.25, -0.2) is 4.79 Å². The number of nitrogens with one attached hydrogen (secondary N) is 1. The summed E-state index contributed by atoms with van der Waals surface area (Å²) in [5.41, 5.74) is 1.41. The van der Waals surface area contributed by atoms with Gasteiger partial charge in [0.15, 0.2) is 0 Å². The van der Waals surface area contributed by atoms with Gasteiger partial charge in [-0.3, -0.25) is 4.79 Å². The summed E-state index contributed by atoms with van der Waals surface area (Å²) < 4.78 is 5.11. The highest BCUT2D eigenvalue weighted by Crippen LogP contribution is 2.34. The molecule has 1 fully saturated rings. The average Bonchev–Trinajstić information content (AvgIpc) is 2.74. The number of hydrogen-bond donors (Lipinski definition) is 1. The molecule has 5 heteroatoms. The van der Waals surface area contributed by atoms with Crippen LogP contribution in [0.4, 0.5) is 5.00 Å². The lowest BCUT2D eigenvalue weighted by Crippen LogP contribution is -2.19. The Balaban J connectivity index is 2.06. The van der Waals surface area contributed by atoms with Crippen LogP contribution in [-0.4, -0.2) is 18.5 Å². The molecule has 1 heterocycles. The van der Waals surface area contributed by atoms with Crippen molar-refractivity contribution in [1.82, 2.24) is 0 Å². The van der Waals surface area contributed by atoms with Crippen LogP contribution in [0.2, 0.25) is 0 Å². The fourth-order valence-corrected chi connectivity index (χ4v) is 4.06. The molecule has 0 spiro atoms. The van der Waals surface area contributed by atoms with Crippen LogP contribution in [0.15, 0.2) is 0 Å². The van der Waals surface area contributed by atoms with Crippen LogP contribution < -0.4 is 5.32 Å². The van der Waals surface area contributed by atoms with Crippen LogP contribution in [-0.2, 0) is 9.53 Å². The molecule has 4 nitrogen and oxygen atoms in total. The number of carbonyl (C=O) groups is 2. The van der Waals surface area contributed by atoms with Gasteiger partial charge in [0.05, 0.1) is 12.2 Å². The highest BCUT2D eigenvalue weighted by Gasteiger charge is 2.23. The highest BCUT2D eigenvalue weighted by atomic mass is 32.1. The largest absolute Gasteiger partial charge is 0.462 e. The lowest BCUT2D eigenvalue weighted by molar-refractivity contribution is -0.117. The number of esters is 1. The van der Waals surface area contributed by atoms with Crippen molar-refractivity contribution >= 4 is 28.2 Å². The Morgan fingerprint density at radius 1 is 1.23 bits per heavy atom. The second-order valence-corrected chi connectivity index (χ2v) is 7.19. The minimum atomic E-state index is -0.350. The molecule has 1 N–H and O–H groups in total. The summed E-state index contributed by atoms with van der Waals surface area (Å²) in [5, 5.41) is 3.57. The summed E-state index contributed by atoms with van der Waals surface area (Å²) in [6.45, 7) is 5.98. The first-order valence-electron chi connectivity index (χ1n) is 8.09. The fourth-order valence-electron chi connectivity index (χ4n) is 3.00. The summed E-state index contributed by atoms with van der Waals surface area (Å²) in [5.74, 6) is 0.151. The lowest BCUT2D eigenvalue weighted by atomic mass is 9.87. The average molecular weight is 323 g/mol. The Morgan fingerprint density at radius 2 is 1.91 bits per heavy atom. The Labute approximate surface area is 136 Å². The van der Waals surface area contributed by atoms with Crippen molar-refractivity contribution in [3.63, 3.8) is 0 Å². The molecule has 22 heavy (non-hydrogen) atoms. The second-order valence-electron chi connectivity index (χ2n) is 5.96. The minimum absolute atomic E-state index is 0.0127. The third kappa shape index (κ3) is 4.09. The minimum Gasteiger partial charge on any atom is -0.462 e. The molecule has 1 aliphatic carbocycles. The molecule has 0 saturated heterocycles. The molecule has 1 saturated carbocycles. The maximum absolute atomic E-state index is 12.3. The van der Waals surface area contributed by atoms with E-state index in [0.717, 1.165) is 23.3 Å². The number of anilines is 1. The highest BCUT2D eigenvalue weighted by molar-refractivity contribution is 7.16. The van der Waals surface area contributed by atoms with Crippen molar-refractivity contribution in [1.29, 1.82) is 0 Å². The van der Waals surface area contributed by atoms with E-state index in [2.05, 4.69) is 5.32 Å². The van der Waals surface area contributed by atoms with E-state index in [0.29, 0.717) is 29.5 Å². The van der Waals surface area contributed by atoms with Crippen molar-refractivity contribution in [3.05, 3.63) is 16.0 Å². The molecule has 1 aliphatic rings. The van der Waals surface area contributed by atoms with E-state index in [1.54, 1.807) is 6.92 Å². The van der Waals surface area contributed by atoms with Gasteiger partial charge in [0.1, 0.15) is 5.00 Å². The van der Waals surface area contributed by atoms with E-state index >= 15 is 0 Å². The van der Waals surface area contributed by atoms with Gasteiger partial charge in [-0.2, -0.15) is 0 Å². The molecular weight excluding hydrogens is 298 g/mol. The number of rotatable bonds is 5. The van der Waals surface area contributed by atoms with E-state index in [1.807, 2.05) is 13.8 Å². The molecule has 0 aliphatic heterocycles. The van der Waals surface area contributed by atoms with Crippen LogP contribution >= 0.6 is 11.3 Å². The zero-order valence-electron chi connectivity index (χ0n) is 13.7. The first-order chi connectivity index (χ1) is 10.5. The molecule has 2 rings (SSSR count). The van der Waals surface area contributed by atoms with E-state index in [4.69, 9.17) is 4.74 Å². The first kappa shape index (κ1) is 17.0. The Bertz CT molecular complexity index is 544. The van der Waals surface area contributed by atoms with Crippen molar-refractivity contribution in [2.24, 2.45) is 5.92 Å². The molecule has 1 aromatic rings. The smallest absolute Gasteiger partial charge is 0.341 e. The summed E-state index contributed by atoms with van der Waals surface area (Å²) >= 11 is 1.45. The van der Waals surface area contributed by atoms with Gasteiger partial charge in [0, 0.05) is 11.3 Å². The number of aryl methyl sites for hydroxylation is 1. The predicted octanol–water partition coefficient (Wildman–Crippen LogP) is 4.45. The van der Waals surface area contributed by atoms with Crippen molar-refractivity contribution in [2.45, 2.75) is 59.3 Å². The summed E-state index contributed by atoms with van der Waals surface area (Å²) in [6, 6.07) is 0. The maximum atomic E-state index is 12.3. The van der Waals surface area contributed by atoms with Gasteiger partial charge in [-0.15, -0.1) is 11.3 Å². The summed E-state index contributed by atoms with van der Waals surface area (Å²) in [6.07, 6.45) is 6.57. The van der Waals surface area contributed by atoms with Crippen LogP contribution in [0.1, 0.15) is 66.2 Å². The molecule has 0 radical (unpaired) electrons. The van der Waals surface area contributed by atoms with Gasteiger partial charge in [-0.1, -0.05) is 19.3 Å². The van der Waals surface area contributed by atoms with Gasteiger partial charge < -0.3 is 10.1 Å². The van der Waals surface area contributed by atoms with Gasteiger partial charge in [-0.05, 0) is 45.1 Å². The molecule has 1 amide bonds. The maximum Gasteiger partial charge on any atom is 0.341 e. The number of thiophene rings is 1. The molecule has 1 aromatic heterocycles. The zero-order valence-corrected chi connectivity index (χ0v) is 14.5. The normalized spacial score (nSPS) is 15.6. The van der Waals surface area contributed by atoms with Crippen molar-refractivity contribution in [3.8, 4) is 0 Å². The molecule has 0 unspecified atom stereocenters. The molecule has 0 atom stereocenters. The van der Waals surface area contributed by atoms with Crippen LogP contribution in [0.5, 0.6) is 0 Å². The van der Waals surface area contributed by atoms with Crippen molar-refractivity contribution in [2.75, 3.05) is 11.9 Å². The van der Waals surface area contributed by atoms with E-state index < -0.39 is 0 Å². The second kappa shape index (κ2) is 7.77. The number of amides is 1. The summed E-state index contributed by atoms with van der Waals surface area (Å²) in [4.78, 5) is 25.4. The monoisotopic (exact) mass is 323 g/mol. The number of ether oxygens (including phenoxy) is 1. The van der Waals surface area contributed by atoms with Gasteiger partial charge in [0.25, 0.3) is 0 Å². The van der Waals surface area contributed by atoms with Crippen LogP contribution in [0.3, 0.4) is 0 Å². The Morgan fingerprint density at radius 3 is 2.55 bits per heavy atom. The van der Waals surface area contributed by atoms with Crippen LogP contribution in [0.25, 0.3) is 0 Å². The first-order valence-corrected chi connectivity index (χ1v) is 8.91. The van der Waals surface area contributed by atoms with Gasteiger partial charge >= 0.3 is 5.97 Å².